The molecule has 23 nitrogen and oxygen atoms in total. The molecule has 6 N–H and O–H groups in total. The zero-order valence-corrected chi connectivity index (χ0v) is 57.1. The van der Waals surface area contributed by atoms with E-state index in [0.29, 0.717) is 111 Å². The number of nitrogens with zero attached hydrogens (tertiary/aromatic N) is 6. The van der Waals surface area contributed by atoms with Gasteiger partial charge in [-0.15, -0.1) is 0 Å². The van der Waals surface area contributed by atoms with E-state index in [4.69, 9.17) is 48.8 Å². The molecule has 2 bridgehead atoms. The van der Waals surface area contributed by atoms with Crippen molar-refractivity contribution in [3.8, 4) is 29.1 Å². The maximum atomic E-state index is 14.9. The number of aryl methyl sites for hydroxylation is 1. The Labute approximate surface area is 553 Å². The van der Waals surface area contributed by atoms with Gasteiger partial charge in [-0.3, -0.25) is 19.2 Å². The molecule has 16 atom stereocenters. The number of methoxy groups -OCH3 is 2. The number of nitrogens with two attached hydrogens (primary N) is 1. The Morgan fingerprint density at radius 1 is 0.915 bits per heavy atom. The molecular formula is C71H102N8O15. The first kappa shape index (κ1) is 73.3. The lowest BCUT2D eigenvalue weighted by molar-refractivity contribution is -0.266. The highest BCUT2D eigenvalue weighted by Crippen LogP contribution is 2.40. The average molecular weight is 1310 g/mol. The smallest absolute Gasteiger partial charge is 0.329 e. The summed E-state index contributed by atoms with van der Waals surface area (Å²) >= 11 is 0. The van der Waals surface area contributed by atoms with Crippen LogP contribution in [-0.4, -0.2) is 175 Å². The molecule has 3 aromatic rings. The third kappa shape index (κ3) is 17.9. The fourth-order valence-electron chi connectivity index (χ4n) is 14.0. The maximum Gasteiger partial charge on any atom is 0.329 e. The van der Waals surface area contributed by atoms with Crippen LogP contribution in [0.4, 0.5) is 5.82 Å². The standard InChI is InChI=1S/C71H102N8O15/c1-13-78-61-58(90-40-49-22-19-30-73-38-49)39-74-51(59(61)75-67(78)60-66(72)77-94-76-60)28-29-70(9,10)93-56-36-50-26-24-47(8)71(87,92-50)65(84)68(85)79-31-18-17-23-52(79)69(86)91-55(44(5)34-48-25-27-53(80)57(35-48)88-11)37-54(81)43(4)33-46(7)63(83)64(89-12)62(82)45(6)32-41(2)20-15-14-16-21-42(56)3/h14-16,20-21,33,39,41,43-45,47-50,52-53,55-57,63-64,73,80,83,87H,13,17-19,22-27,30-32,34-38,40H2,1-12H3,(H2,72,77)/b16-14?,20-15+,42-21?,46-33+/t41-,43-,44?,45-,47-,48-,49+,50+,52+,53-,55+,56-,57-,63-,64+,71-/m1/s1. The van der Waals surface area contributed by atoms with Crippen LogP contribution in [0, 0.1) is 53.3 Å². The number of piperidine rings is 2. The molecule has 0 radical (unpaired) electrons. The molecule has 4 fully saturated rings. The molecule has 4 aliphatic heterocycles. The molecular weight excluding hydrogens is 1200 g/mol. The van der Waals surface area contributed by atoms with Gasteiger partial charge in [0.25, 0.3) is 11.7 Å². The normalized spacial score (nSPS) is 32.5. The number of amides is 1. The SMILES string of the molecule is CCn1c(-c2nonc2N)nc2c(C#CC(C)(C)O[C@@H]3C[C@@H]4CC[C@@H](C)[C@@](O)(O4)C(=O)C(=O)N4CCCC[C@H]4C(=O)O[C@H](C(C)C[C@H]4CC[C@@H](O)[C@H](OC)C4)CC(=O)[C@H](C)/C=C(\C)[C@@H](O)[C@@H](OC)C(=O)[C@H](C)C[C@H](C)/C=C/C=CC=C3C)ncc(OC[C@H]3CCCNC3)c21. The predicted molar refractivity (Wildman–Crippen MR) is 352 cm³/mol. The van der Waals surface area contributed by atoms with Crippen LogP contribution in [0.1, 0.15) is 165 Å². The van der Waals surface area contributed by atoms with Gasteiger partial charge < -0.3 is 64.3 Å². The summed E-state index contributed by atoms with van der Waals surface area (Å²) in [6.07, 6.45) is 13.2. The summed E-state index contributed by atoms with van der Waals surface area (Å²) in [5, 5.41) is 46.2. The summed E-state index contributed by atoms with van der Waals surface area (Å²) < 4.78 is 44.5. The summed E-state index contributed by atoms with van der Waals surface area (Å²) in [5.74, 6) is -0.909. The zero-order valence-electron chi connectivity index (χ0n) is 57.1. The number of ketones is 3. The minimum absolute atomic E-state index is 0.0255. The first-order valence-electron chi connectivity index (χ1n) is 33.9. The molecule has 0 spiro atoms. The van der Waals surface area contributed by atoms with Gasteiger partial charge >= 0.3 is 5.97 Å². The van der Waals surface area contributed by atoms with E-state index in [2.05, 4.69) is 27.5 Å². The number of nitrogen functional groups attached to an aromatic ring is 1. The number of Topliss-reactive ketones (excluding diaryl/α,β-unsaturated/α-hetero) is 3. The van der Waals surface area contributed by atoms with Crippen molar-refractivity contribution in [1.82, 2.24) is 35.1 Å². The van der Waals surface area contributed by atoms with Crippen molar-refractivity contribution in [1.29, 1.82) is 0 Å². The van der Waals surface area contributed by atoms with E-state index in [-0.39, 0.29) is 72.7 Å². The lowest BCUT2D eigenvalue weighted by Crippen LogP contribution is -2.61. The van der Waals surface area contributed by atoms with Crippen molar-refractivity contribution in [3.63, 3.8) is 0 Å². The molecule has 3 saturated heterocycles. The molecule has 23 heteroatoms. The van der Waals surface area contributed by atoms with Crippen LogP contribution in [0.15, 0.2) is 58.4 Å². The number of fused-ring (bicyclic) bond motifs is 4. The summed E-state index contributed by atoms with van der Waals surface area (Å²) in [7, 11) is 2.93. The van der Waals surface area contributed by atoms with E-state index >= 15 is 0 Å². The second-order valence-corrected chi connectivity index (χ2v) is 27.6. The molecule has 1 saturated carbocycles. The highest BCUT2D eigenvalue weighted by molar-refractivity contribution is 6.39. The van der Waals surface area contributed by atoms with Crippen LogP contribution < -0.4 is 15.8 Å². The van der Waals surface area contributed by atoms with Crippen molar-refractivity contribution in [2.45, 2.75) is 226 Å². The fourth-order valence-corrected chi connectivity index (χ4v) is 14.0. The number of aromatic nitrogens is 5. The summed E-state index contributed by atoms with van der Waals surface area (Å²) in [6.45, 7) is 20.9. The number of aliphatic hydroxyl groups excluding tert-OH is 2. The molecule has 8 rings (SSSR count). The monoisotopic (exact) mass is 1310 g/mol. The molecule has 1 amide bonds. The molecule has 1 aliphatic carbocycles. The third-order valence-electron chi connectivity index (χ3n) is 19.8. The molecule has 1 unspecified atom stereocenters. The maximum absolute atomic E-state index is 14.9. The number of carbonyl (C=O) groups excluding carboxylic acids is 5. The summed E-state index contributed by atoms with van der Waals surface area (Å²) in [5.41, 5.74) is 7.81. The number of anilines is 1. The number of carbonyl (C=O) groups is 5. The minimum Gasteiger partial charge on any atom is -0.489 e. The Balaban J connectivity index is 1.12. The Hall–Kier alpha value is -6.49. The number of ether oxygens (including phenoxy) is 6. The van der Waals surface area contributed by atoms with Gasteiger partial charge in [0.15, 0.2) is 28.9 Å². The first-order chi connectivity index (χ1) is 44.8. The zero-order chi connectivity index (χ0) is 68.2. The number of allylic oxidation sites excluding steroid dienone is 6. The molecule has 0 aromatic carbocycles. The number of nitrogens with one attached hydrogen (secondary N) is 1. The largest absolute Gasteiger partial charge is 0.489 e. The number of hydrogen-bond acceptors (Lipinski definition) is 21. The van der Waals surface area contributed by atoms with E-state index < -0.39 is 89.5 Å². The number of cyclic esters (lactones) is 1. The Kier molecular flexibility index (Phi) is 25.7. The Morgan fingerprint density at radius 2 is 1.69 bits per heavy atom. The second-order valence-electron chi connectivity index (χ2n) is 27.6. The molecule has 94 heavy (non-hydrogen) atoms. The van der Waals surface area contributed by atoms with Crippen molar-refractivity contribution in [2.75, 3.05) is 46.2 Å². The van der Waals surface area contributed by atoms with E-state index in [9.17, 15) is 39.3 Å². The van der Waals surface area contributed by atoms with Gasteiger partial charge in [0.2, 0.25) is 5.79 Å². The molecule has 5 aliphatic rings. The van der Waals surface area contributed by atoms with Crippen LogP contribution in [-0.2, 0) is 54.2 Å². The number of rotatable bonds is 12. The average Bonchev–Trinajstić information content (AvgIpc) is 1.47. The fraction of sp³-hybridized carbons (Fsp3) is 0.676. The number of esters is 1. The topological polar surface area (TPSA) is 312 Å². The lowest BCUT2D eigenvalue weighted by atomic mass is 9.78. The Bertz CT molecular complexity index is 3320. The van der Waals surface area contributed by atoms with E-state index in [1.54, 1.807) is 47.1 Å². The van der Waals surface area contributed by atoms with Crippen molar-refractivity contribution >= 4 is 46.1 Å². The van der Waals surface area contributed by atoms with E-state index in [0.717, 1.165) is 31.5 Å². The second kappa shape index (κ2) is 33.0. The number of aliphatic hydroxyl groups is 3. The quantitative estimate of drug-likeness (QED) is 0.0494. The van der Waals surface area contributed by atoms with Crippen LogP contribution in [0.25, 0.3) is 22.6 Å². The van der Waals surface area contributed by atoms with Gasteiger partial charge in [0.1, 0.15) is 52.5 Å². The molecule has 516 valence electrons. The van der Waals surface area contributed by atoms with Crippen molar-refractivity contribution < 1.29 is 72.3 Å². The van der Waals surface area contributed by atoms with Gasteiger partial charge in [-0.1, -0.05) is 77.0 Å². The van der Waals surface area contributed by atoms with Gasteiger partial charge in [-0.2, -0.15) is 0 Å². The number of hydrogen-bond donors (Lipinski definition) is 5. The van der Waals surface area contributed by atoms with Crippen molar-refractivity contribution in [3.05, 3.63) is 59.5 Å². The highest BCUT2D eigenvalue weighted by Gasteiger charge is 2.53. The number of imidazole rings is 1. The van der Waals surface area contributed by atoms with Gasteiger partial charge in [0, 0.05) is 70.4 Å². The molecule has 3 aromatic heterocycles. The summed E-state index contributed by atoms with van der Waals surface area (Å²) in [4.78, 5) is 83.8. The Morgan fingerprint density at radius 3 is 2.39 bits per heavy atom. The molecule has 7 heterocycles. The van der Waals surface area contributed by atoms with Crippen LogP contribution in [0.2, 0.25) is 0 Å². The summed E-state index contributed by atoms with van der Waals surface area (Å²) in [6, 6.07) is -1.22. The van der Waals surface area contributed by atoms with Crippen molar-refractivity contribution in [2.24, 2.45) is 41.4 Å². The van der Waals surface area contributed by atoms with E-state index in [1.807, 2.05) is 76.5 Å². The third-order valence-corrected chi connectivity index (χ3v) is 19.8. The van der Waals surface area contributed by atoms with Crippen LogP contribution in [0.3, 0.4) is 0 Å². The van der Waals surface area contributed by atoms with Gasteiger partial charge in [-0.25, -0.2) is 19.4 Å². The van der Waals surface area contributed by atoms with Gasteiger partial charge in [-0.05, 0) is 163 Å². The highest BCUT2D eigenvalue weighted by atomic mass is 16.6. The first-order valence-corrected chi connectivity index (χ1v) is 33.9. The van der Waals surface area contributed by atoms with Crippen LogP contribution >= 0.6 is 0 Å². The van der Waals surface area contributed by atoms with E-state index in [1.165, 1.54) is 12.0 Å². The van der Waals surface area contributed by atoms with Gasteiger partial charge in [0.05, 0.1) is 37.2 Å². The lowest BCUT2D eigenvalue weighted by Gasteiger charge is -2.43. The predicted octanol–water partition coefficient (Wildman–Crippen LogP) is 8.16. The minimum atomic E-state index is -2.59. The number of pyridine rings is 1. The van der Waals surface area contributed by atoms with Crippen LogP contribution in [0.5, 0.6) is 5.75 Å².